The van der Waals surface area contributed by atoms with Crippen LogP contribution in [-0.2, 0) is 15.3 Å². The van der Waals surface area contributed by atoms with E-state index < -0.39 is 16.1 Å². The van der Waals surface area contributed by atoms with Gasteiger partial charge in [-0.2, -0.15) is 0 Å². The van der Waals surface area contributed by atoms with Gasteiger partial charge in [-0.3, -0.25) is 0 Å². The standard InChI is InChI=1S/C12H10Cl2O3/c13-11(14)6-3-7-16-12(11)9-5-2-1-4-8(9)10(15)17-12/h1-2,4-5H,3,6-7H2/t12-/m1/s1. The summed E-state index contributed by atoms with van der Waals surface area (Å²) in [4.78, 5) is 11.8. The molecule has 0 radical (unpaired) electrons. The van der Waals surface area contributed by atoms with Crippen molar-refractivity contribution in [3.05, 3.63) is 35.4 Å². The van der Waals surface area contributed by atoms with Gasteiger partial charge in [0.15, 0.2) is 4.33 Å². The molecule has 1 aromatic rings. The van der Waals surface area contributed by atoms with Gasteiger partial charge >= 0.3 is 5.97 Å². The predicted octanol–water partition coefficient (Wildman–Crippen LogP) is 2.99. The third-order valence-corrected chi connectivity index (χ3v) is 4.04. The van der Waals surface area contributed by atoms with Gasteiger partial charge in [0.2, 0.25) is 0 Å². The molecule has 0 aromatic heterocycles. The minimum absolute atomic E-state index is 0.437. The molecule has 0 unspecified atom stereocenters. The zero-order valence-electron chi connectivity index (χ0n) is 8.91. The molecule has 5 heteroatoms. The van der Waals surface area contributed by atoms with E-state index in [2.05, 4.69) is 0 Å². The van der Waals surface area contributed by atoms with E-state index in [0.29, 0.717) is 24.2 Å². The average molecular weight is 273 g/mol. The molecule has 0 saturated carbocycles. The van der Waals surface area contributed by atoms with Gasteiger partial charge < -0.3 is 9.47 Å². The minimum atomic E-state index is -1.35. The molecule has 3 nitrogen and oxygen atoms in total. The Morgan fingerprint density at radius 3 is 2.76 bits per heavy atom. The van der Waals surface area contributed by atoms with Crippen LogP contribution in [0.5, 0.6) is 0 Å². The third-order valence-electron chi connectivity index (χ3n) is 3.16. The topological polar surface area (TPSA) is 35.5 Å². The molecule has 2 aliphatic heterocycles. The molecule has 1 saturated heterocycles. The first-order valence-corrected chi connectivity index (χ1v) is 6.17. The lowest BCUT2D eigenvalue weighted by Crippen LogP contribution is -2.49. The zero-order chi connectivity index (χ0) is 12.1. The lowest BCUT2D eigenvalue weighted by atomic mass is 9.95. The number of fused-ring (bicyclic) bond motifs is 2. The first-order valence-electron chi connectivity index (χ1n) is 5.41. The summed E-state index contributed by atoms with van der Waals surface area (Å²) < 4.78 is 9.74. The molecule has 1 fully saturated rings. The number of alkyl halides is 2. The van der Waals surface area contributed by atoms with Crippen molar-refractivity contribution in [2.24, 2.45) is 0 Å². The van der Waals surface area contributed by atoms with Crippen LogP contribution >= 0.6 is 23.2 Å². The second-order valence-electron chi connectivity index (χ2n) is 4.21. The summed E-state index contributed by atoms with van der Waals surface area (Å²) in [5.74, 6) is -1.78. The van der Waals surface area contributed by atoms with E-state index in [9.17, 15) is 4.79 Å². The summed E-state index contributed by atoms with van der Waals surface area (Å²) in [6.07, 6.45) is 1.27. The summed E-state index contributed by atoms with van der Waals surface area (Å²) >= 11 is 12.6. The maximum absolute atomic E-state index is 11.8. The summed E-state index contributed by atoms with van der Waals surface area (Å²) in [5.41, 5.74) is 1.09. The van der Waals surface area contributed by atoms with Crippen LogP contribution in [0.2, 0.25) is 0 Å². The van der Waals surface area contributed by atoms with Gasteiger partial charge in [0.05, 0.1) is 12.2 Å². The molecular formula is C12H10Cl2O3. The Morgan fingerprint density at radius 2 is 2.00 bits per heavy atom. The monoisotopic (exact) mass is 272 g/mol. The Morgan fingerprint density at radius 1 is 1.24 bits per heavy atom. The molecule has 2 heterocycles. The van der Waals surface area contributed by atoms with Gasteiger partial charge in [0.1, 0.15) is 0 Å². The molecule has 1 atom stereocenters. The molecule has 0 bridgehead atoms. The average Bonchev–Trinajstić information content (AvgIpc) is 2.59. The quantitative estimate of drug-likeness (QED) is 0.538. The minimum Gasteiger partial charge on any atom is -0.422 e. The number of rotatable bonds is 0. The lowest BCUT2D eigenvalue weighted by molar-refractivity contribution is -0.230. The Kier molecular flexibility index (Phi) is 2.41. The normalized spacial score (nSPS) is 30.1. The van der Waals surface area contributed by atoms with Crippen LogP contribution in [0.25, 0.3) is 0 Å². The molecule has 17 heavy (non-hydrogen) atoms. The van der Waals surface area contributed by atoms with Crippen LogP contribution in [0, 0.1) is 0 Å². The summed E-state index contributed by atoms with van der Waals surface area (Å²) in [7, 11) is 0. The molecule has 2 aliphatic rings. The fourth-order valence-corrected chi connectivity index (χ4v) is 3.00. The Bertz CT molecular complexity index is 486. The predicted molar refractivity (Wildman–Crippen MR) is 63.2 cm³/mol. The number of carbonyl (C=O) groups is 1. The van der Waals surface area contributed by atoms with Crippen molar-refractivity contribution in [1.82, 2.24) is 0 Å². The van der Waals surface area contributed by atoms with Crippen molar-refractivity contribution in [3.63, 3.8) is 0 Å². The van der Waals surface area contributed by atoms with Gasteiger partial charge in [-0.1, -0.05) is 41.4 Å². The number of hydrogen-bond acceptors (Lipinski definition) is 3. The van der Waals surface area contributed by atoms with E-state index in [1.54, 1.807) is 18.2 Å². The first-order chi connectivity index (χ1) is 8.07. The lowest BCUT2D eigenvalue weighted by Gasteiger charge is -2.41. The Balaban J connectivity index is 2.19. The third kappa shape index (κ3) is 1.43. The van der Waals surface area contributed by atoms with Crippen molar-refractivity contribution in [1.29, 1.82) is 0 Å². The number of carbonyl (C=O) groups excluding carboxylic acids is 1. The number of ether oxygens (including phenoxy) is 2. The highest BCUT2D eigenvalue weighted by molar-refractivity contribution is 6.49. The van der Waals surface area contributed by atoms with Crippen molar-refractivity contribution in [3.8, 4) is 0 Å². The van der Waals surface area contributed by atoms with Crippen LogP contribution < -0.4 is 0 Å². The van der Waals surface area contributed by atoms with Crippen molar-refractivity contribution >= 4 is 29.2 Å². The van der Waals surface area contributed by atoms with E-state index >= 15 is 0 Å². The van der Waals surface area contributed by atoms with E-state index in [1.807, 2.05) is 6.07 Å². The Labute approximate surface area is 109 Å². The molecule has 1 spiro atoms. The van der Waals surface area contributed by atoms with E-state index in [4.69, 9.17) is 32.7 Å². The number of halogens is 2. The maximum Gasteiger partial charge on any atom is 0.341 e. The van der Waals surface area contributed by atoms with Crippen molar-refractivity contribution in [2.45, 2.75) is 23.0 Å². The molecule has 1 aromatic carbocycles. The fraction of sp³-hybridized carbons (Fsp3) is 0.417. The maximum atomic E-state index is 11.8. The van der Waals surface area contributed by atoms with Gasteiger partial charge in [-0.05, 0) is 18.9 Å². The summed E-state index contributed by atoms with van der Waals surface area (Å²) in [5, 5.41) is 0. The summed E-state index contributed by atoms with van der Waals surface area (Å²) in [6.45, 7) is 0.475. The zero-order valence-corrected chi connectivity index (χ0v) is 10.4. The molecule has 0 amide bonds. The molecule has 0 N–H and O–H groups in total. The van der Waals surface area contributed by atoms with Crippen LogP contribution in [0.4, 0.5) is 0 Å². The largest absolute Gasteiger partial charge is 0.422 e. The molecule has 90 valence electrons. The number of hydrogen-bond donors (Lipinski definition) is 0. The fourth-order valence-electron chi connectivity index (χ4n) is 2.35. The van der Waals surface area contributed by atoms with E-state index in [0.717, 1.165) is 6.42 Å². The highest BCUT2D eigenvalue weighted by Crippen LogP contribution is 2.54. The summed E-state index contributed by atoms with van der Waals surface area (Å²) in [6, 6.07) is 7.04. The van der Waals surface area contributed by atoms with E-state index in [-0.39, 0.29) is 0 Å². The van der Waals surface area contributed by atoms with Crippen LogP contribution in [0.3, 0.4) is 0 Å². The smallest absolute Gasteiger partial charge is 0.341 e. The van der Waals surface area contributed by atoms with Crippen molar-refractivity contribution in [2.75, 3.05) is 6.61 Å². The molecule has 3 rings (SSSR count). The SMILES string of the molecule is O=C1O[C@]2(OCCCC2(Cl)Cl)c2ccccc21. The highest BCUT2D eigenvalue weighted by Gasteiger charge is 2.61. The second-order valence-corrected chi connectivity index (χ2v) is 5.69. The van der Waals surface area contributed by atoms with Crippen LogP contribution in [0.15, 0.2) is 24.3 Å². The molecular weight excluding hydrogens is 263 g/mol. The molecule has 0 aliphatic carbocycles. The Hall–Kier alpha value is -0.770. The van der Waals surface area contributed by atoms with Crippen molar-refractivity contribution < 1.29 is 14.3 Å². The van der Waals surface area contributed by atoms with Crippen LogP contribution in [0.1, 0.15) is 28.8 Å². The van der Waals surface area contributed by atoms with Crippen LogP contribution in [-0.4, -0.2) is 16.9 Å². The number of benzene rings is 1. The number of esters is 1. The second kappa shape index (κ2) is 3.61. The van der Waals surface area contributed by atoms with Gasteiger partial charge in [0, 0.05) is 5.56 Å². The van der Waals surface area contributed by atoms with Gasteiger partial charge in [-0.15, -0.1) is 0 Å². The van der Waals surface area contributed by atoms with E-state index in [1.165, 1.54) is 0 Å². The van der Waals surface area contributed by atoms with Gasteiger partial charge in [-0.25, -0.2) is 4.79 Å². The highest BCUT2D eigenvalue weighted by atomic mass is 35.5. The van der Waals surface area contributed by atoms with Gasteiger partial charge in [0.25, 0.3) is 5.79 Å². The first kappa shape index (κ1) is 11.3.